The number of hydrogen-bond acceptors (Lipinski definition) is 3. The van der Waals surface area contributed by atoms with Crippen molar-refractivity contribution in [3.05, 3.63) is 102 Å². The van der Waals surface area contributed by atoms with Crippen LogP contribution in [-0.2, 0) is 16.1 Å². The number of amides is 3. The normalized spacial score (nSPS) is 11.5. The molecule has 3 aromatic rings. The number of anilines is 1. The largest absolute Gasteiger partial charge is 0.350 e. The summed E-state index contributed by atoms with van der Waals surface area (Å²) in [6.07, 6.45) is 0. The molecule has 32 heavy (non-hydrogen) atoms. The van der Waals surface area contributed by atoms with Crippen LogP contribution in [0.4, 0.5) is 5.69 Å². The second-order valence-corrected chi connectivity index (χ2v) is 7.74. The van der Waals surface area contributed by atoms with Crippen molar-refractivity contribution in [3.63, 3.8) is 0 Å². The highest BCUT2D eigenvalue weighted by molar-refractivity contribution is 5.97. The lowest BCUT2D eigenvalue weighted by Gasteiger charge is -2.19. The summed E-state index contributed by atoms with van der Waals surface area (Å²) in [4.78, 5) is 37.5. The number of hydrogen-bond donors (Lipinski definition) is 3. The van der Waals surface area contributed by atoms with Crippen LogP contribution in [0.1, 0.15) is 41.4 Å². The Morgan fingerprint density at radius 1 is 0.750 bits per heavy atom. The standard InChI is InChI=1S/C26H27N3O3/c1-18(2)24(30)28-22-15-13-19(14-16-22)17-27-26(32)23(20-9-5-3-6-10-20)29-25(31)21-11-7-4-8-12-21/h3-16,18,23H,17H2,1-2H3,(H,27,32)(H,28,30)(H,29,31). The molecule has 1 atom stereocenters. The molecule has 3 rings (SSSR count). The van der Waals surface area contributed by atoms with Gasteiger partial charge >= 0.3 is 0 Å². The van der Waals surface area contributed by atoms with Crippen molar-refractivity contribution in [1.29, 1.82) is 0 Å². The van der Waals surface area contributed by atoms with Crippen molar-refractivity contribution in [3.8, 4) is 0 Å². The summed E-state index contributed by atoms with van der Waals surface area (Å²) in [6, 6.07) is 24.4. The summed E-state index contributed by atoms with van der Waals surface area (Å²) < 4.78 is 0. The third-order valence-electron chi connectivity index (χ3n) is 4.92. The van der Waals surface area contributed by atoms with Crippen LogP contribution in [0.2, 0.25) is 0 Å². The molecule has 3 amide bonds. The van der Waals surface area contributed by atoms with Crippen molar-refractivity contribution in [2.24, 2.45) is 5.92 Å². The van der Waals surface area contributed by atoms with E-state index in [-0.39, 0.29) is 23.6 Å². The molecule has 3 N–H and O–H groups in total. The Kier molecular flexibility index (Phi) is 7.75. The van der Waals surface area contributed by atoms with Crippen LogP contribution in [0.5, 0.6) is 0 Å². The lowest BCUT2D eigenvalue weighted by molar-refractivity contribution is -0.123. The second-order valence-electron chi connectivity index (χ2n) is 7.74. The van der Waals surface area contributed by atoms with Gasteiger partial charge in [-0.3, -0.25) is 14.4 Å². The lowest BCUT2D eigenvalue weighted by Crippen LogP contribution is -2.40. The third-order valence-corrected chi connectivity index (χ3v) is 4.92. The zero-order valence-electron chi connectivity index (χ0n) is 18.2. The molecule has 0 bridgehead atoms. The molecule has 0 radical (unpaired) electrons. The van der Waals surface area contributed by atoms with Crippen LogP contribution in [0.15, 0.2) is 84.9 Å². The Morgan fingerprint density at radius 3 is 1.94 bits per heavy atom. The first-order valence-electron chi connectivity index (χ1n) is 10.5. The molecule has 0 fully saturated rings. The topological polar surface area (TPSA) is 87.3 Å². The molecule has 0 saturated carbocycles. The van der Waals surface area contributed by atoms with Gasteiger partial charge in [0.25, 0.3) is 5.91 Å². The van der Waals surface area contributed by atoms with Crippen LogP contribution in [0, 0.1) is 5.92 Å². The van der Waals surface area contributed by atoms with Crippen molar-refractivity contribution in [1.82, 2.24) is 10.6 Å². The van der Waals surface area contributed by atoms with E-state index in [0.29, 0.717) is 23.4 Å². The Labute approximate surface area is 188 Å². The van der Waals surface area contributed by atoms with E-state index < -0.39 is 6.04 Å². The monoisotopic (exact) mass is 429 g/mol. The van der Waals surface area contributed by atoms with E-state index >= 15 is 0 Å². The lowest BCUT2D eigenvalue weighted by atomic mass is 10.0. The van der Waals surface area contributed by atoms with Gasteiger partial charge in [-0.1, -0.05) is 74.5 Å². The smallest absolute Gasteiger partial charge is 0.252 e. The average Bonchev–Trinajstić information content (AvgIpc) is 2.82. The zero-order valence-corrected chi connectivity index (χ0v) is 18.2. The van der Waals surface area contributed by atoms with Crippen molar-refractivity contribution >= 4 is 23.4 Å². The fourth-order valence-corrected chi connectivity index (χ4v) is 3.03. The molecule has 3 aromatic carbocycles. The van der Waals surface area contributed by atoms with E-state index in [0.717, 1.165) is 5.56 Å². The summed E-state index contributed by atoms with van der Waals surface area (Å²) in [7, 11) is 0. The molecule has 0 spiro atoms. The highest BCUT2D eigenvalue weighted by atomic mass is 16.2. The number of nitrogens with one attached hydrogen (secondary N) is 3. The molecular formula is C26H27N3O3. The van der Waals surface area contributed by atoms with E-state index in [1.165, 1.54) is 0 Å². The van der Waals surface area contributed by atoms with E-state index in [4.69, 9.17) is 0 Å². The van der Waals surface area contributed by atoms with Gasteiger partial charge in [-0.2, -0.15) is 0 Å². The molecule has 6 nitrogen and oxygen atoms in total. The summed E-state index contributed by atoms with van der Waals surface area (Å²) in [5, 5.41) is 8.56. The molecule has 6 heteroatoms. The SMILES string of the molecule is CC(C)C(=O)Nc1ccc(CNC(=O)C(NC(=O)c2ccccc2)c2ccccc2)cc1. The fraction of sp³-hybridized carbons (Fsp3) is 0.192. The molecule has 0 aliphatic heterocycles. The maximum absolute atomic E-state index is 13.0. The average molecular weight is 430 g/mol. The summed E-state index contributed by atoms with van der Waals surface area (Å²) in [5.74, 6) is -0.779. The van der Waals surface area contributed by atoms with Crippen LogP contribution < -0.4 is 16.0 Å². The van der Waals surface area contributed by atoms with Gasteiger partial charge in [0.05, 0.1) is 0 Å². The molecule has 0 saturated heterocycles. The molecular weight excluding hydrogens is 402 g/mol. The Hall–Kier alpha value is -3.93. The van der Waals surface area contributed by atoms with Crippen LogP contribution in [-0.4, -0.2) is 17.7 Å². The minimum atomic E-state index is -0.825. The van der Waals surface area contributed by atoms with Crippen molar-refractivity contribution in [2.75, 3.05) is 5.32 Å². The highest BCUT2D eigenvalue weighted by Crippen LogP contribution is 2.15. The van der Waals surface area contributed by atoms with E-state index in [1.807, 2.05) is 62.4 Å². The van der Waals surface area contributed by atoms with Crippen molar-refractivity contribution in [2.45, 2.75) is 26.4 Å². The minimum absolute atomic E-state index is 0.0501. The maximum atomic E-state index is 13.0. The quantitative estimate of drug-likeness (QED) is 0.504. The fourth-order valence-electron chi connectivity index (χ4n) is 3.03. The highest BCUT2D eigenvalue weighted by Gasteiger charge is 2.23. The number of benzene rings is 3. The zero-order chi connectivity index (χ0) is 22.9. The maximum Gasteiger partial charge on any atom is 0.252 e. The van der Waals surface area contributed by atoms with Gasteiger partial charge in [0, 0.05) is 23.7 Å². The van der Waals surface area contributed by atoms with Gasteiger partial charge in [0.1, 0.15) is 6.04 Å². The van der Waals surface area contributed by atoms with Gasteiger partial charge in [-0.05, 0) is 35.4 Å². The van der Waals surface area contributed by atoms with Gasteiger partial charge < -0.3 is 16.0 Å². The van der Waals surface area contributed by atoms with Crippen LogP contribution in [0.3, 0.4) is 0 Å². The van der Waals surface area contributed by atoms with Crippen LogP contribution >= 0.6 is 0 Å². The summed E-state index contributed by atoms with van der Waals surface area (Å²) in [6.45, 7) is 3.96. The first-order valence-corrected chi connectivity index (χ1v) is 10.5. The minimum Gasteiger partial charge on any atom is -0.350 e. The van der Waals surface area contributed by atoms with E-state index in [9.17, 15) is 14.4 Å². The molecule has 164 valence electrons. The Bertz CT molecular complexity index is 1050. The summed E-state index contributed by atoms with van der Waals surface area (Å²) in [5.41, 5.74) is 2.76. The first kappa shape index (κ1) is 22.7. The van der Waals surface area contributed by atoms with Gasteiger partial charge in [0.2, 0.25) is 11.8 Å². The third kappa shape index (κ3) is 6.28. The predicted molar refractivity (Wildman–Crippen MR) is 125 cm³/mol. The predicted octanol–water partition coefficient (Wildman–Crippen LogP) is 4.07. The number of rotatable bonds is 8. The number of carbonyl (C=O) groups excluding carboxylic acids is 3. The molecule has 0 heterocycles. The molecule has 0 aromatic heterocycles. The van der Waals surface area contributed by atoms with Gasteiger partial charge in [-0.15, -0.1) is 0 Å². The Morgan fingerprint density at radius 2 is 1.34 bits per heavy atom. The van der Waals surface area contributed by atoms with Crippen LogP contribution in [0.25, 0.3) is 0 Å². The molecule has 0 aliphatic carbocycles. The molecule has 0 aliphatic rings. The summed E-state index contributed by atoms with van der Waals surface area (Å²) >= 11 is 0. The first-order chi connectivity index (χ1) is 15.4. The van der Waals surface area contributed by atoms with Gasteiger partial charge in [0.15, 0.2) is 0 Å². The number of carbonyl (C=O) groups is 3. The van der Waals surface area contributed by atoms with E-state index in [1.54, 1.807) is 36.4 Å². The van der Waals surface area contributed by atoms with Gasteiger partial charge in [-0.25, -0.2) is 0 Å². The van der Waals surface area contributed by atoms with Crippen molar-refractivity contribution < 1.29 is 14.4 Å². The Balaban J connectivity index is 1.66. The van der Waals surface area contributed by atoms with E-state index in [2.05, 4.69) is 16.0 Å². The second kappa shape index (κ2) is 10.9. The molecule has 1 unspecified atom stereocenters.